The summed E-state index contributed by atoms with van der Waals surface area (Å²) in [4.78, 5) is 12.2. The van der Waals surface area contributed by atoms with Crippen molar-refractivity contribution in [2.45, 2.75) is 37.7 Å². The average molecular weight is 409 g/mol. The first-order chi connectivity index (χ1) is 11.7. The van der Waals surface area contributed by atoms with Crippen LogP contribution in [0, 0.1) is 5.92 Å². The van der Waals surface area contributed by atoms with Crippen LogP contribution in [0.5, 0.6) is 0 Å². The number of halogens is 2. The van der Waals surface area contributed by atoms with Crippen molar-refractivity contribution in [2.24, 2.45) is 5.92 Å². The van der Waals surface area contributed by atoms with E-state index in [0.717, 1.165) is 12.8 Å². The Morgan fingerprint density at radius 2 is 2.04 bits per heavy atom. The molecule has 1 aromatic carbocycles. The molecule has 9 heteroatoms. The lowest BCUT2D eigenvalue weighted by atomic mass is 10.2. The molecule has 1 heterocycles. The van der Waals surface area contributed by atoms with Crippen LogP contribution < -0.4 is 10.0 Å². The third kappa shape index (κ3) is 5.56. The summed E-state index contributed by atoms with van der Waals surface area (Å²) in [6.07, 6.45) is 1.82. The Kier molecular flexibility index (Phi) is 7.10. The maximum absolute atomic E-state index is 12.4. The number of rotatable bonds is 7. The van der Waals surface area contributed by atoms with Crippen molar-refractivity contribution in [3.05, 3.63) is 27.7 Å². The van der Waals surface area contributed by atoms with Gasteiger partial charge < -0.3 is 10.1 Å². The topological polar surface area (TPSA) is 84.5 Å². The summed E-state index contributed by atoms with van der Waals surface area (Å²) in [7, 11) is -3.83. The molecule has 0 aromatic heterocycles. The zero-order valence-electron chi connectivity index (χ0n) is 14.1. The maximum Gasteiger partial charge on any atom is 0.252 e. The number of nitrogens with one attached hydrogen (secondary N) is 2. The van der Waals surface area contributed by atoms with Crippen LogP contribution in [-0.4, -0.2) is 40.1 Å². The molecular formula is C16H22Cl2N2O4S. The van der Waals surface area contributed by atoms with E-state index in [1.54, 1.807) is 0 Å². The molecule has 1 aliphatic heterocycles. The lowest BCUT2D eigenvalue weighted by molar-refractivity contribution is 0.0857. The van der Waals surface area contributed by atoms with Crippen LogP contribution in [-0.2, 0) is 14.8 Å². The minimum atomic E-state index is -3.83. The van der Waals surface area contributed by atoms with Crippen molar-refractivity contribution in [3.8, 4) is 0 Å². The molecule has 1 aliphatic rings. The van der Waals surface area contributed by atoms with E-state index in [-0.39, 0.29) is 39.1 Å². The van der Waals surface area contributed by atoms with Crippen LogP contribution in [0.2, 0.25) is 10.0 Å². The molecule has 2 N–H and O–H groups in total. The largest absolute Gasteiger partial charge is 0.376 e. The van der Waals surface area contributed by atoms with Gasteiger partial charge in [0.05, 0.1) is 21.7 Å². The normalized spacial score (nSPS) is 17.9. The molecule has 1 saturated heterocycles. The van der Waals surface area contributed by atoms with E-state index in [4.69, 9.17) is 27.9 Å². The second kappa shape index (κ2) is 8.68. The number of carbonyl (C=O) groups excluding carboxylic acids is 1. The Bertz CT molecular complexity index is 732. The summed E-state index contributed by atoms with van der Waals surface area (Å²) in [6, 6.07) is 2.48. The zero-order valence-corrected chi connectivity index (χ0v) is 16.5. The second-order valence-electron chi connectivity index (χ2n) is 6.35. The summed E-state index contributed by atoms with van der Waals surface area (Å²) in [6.45, 7) is 5.07. The molecule has 1 fully saturated rings. The lowest BCUT2D eigenvalue weighted by Crippen LogP contribution is -2.32. The van der Waals surface area contributed by atoms with E-state index in [2.05, 4.69) is 10.0 Å². The molecule has 0 radical (unpaired) electrons. The van der Waals surface area contributed by atoms with Gasteiger partial charge in [-0.2, -0.15) is 0 Å². The van der Waals surface area contributed by atoms with Crippen LogP contribution in [0.4, 0.5) is 0 Å². The summed E-state index contributed by atoms with van der Waals surface area (Å²) >= 11 is 12.1. The monoisotopic (exact) mass is 408 g/mol. The number of carbonyl (C=O) groups is 1. The Morgan fingerprint density at radius 3 is 2.64 bits per heavy atom. The Hall–Kier alpha value is -0.860. The lowest BCUT2D eigenvalue weighted by Gasteiger charge is -2.14. The van der Waals surface area contributed by atoms with E-state index in [9.17, 15) is 13.2 Å². The molecule has 1 atom stereocenters. The molecule has 6 nitrogen and oxygen atoms in total. The van der Waals surface area contributed by atoms with E-state index in [0.29, 0.717) is 13.2 Å². The Morgan fingerprint density at radius 1 is 1.32 bits per heavy atom. The number of benzene rings is 1. The minimum Gasteiger partial charge on any atom is -0.376 e. The van der Waals surface area contributed by atoms with Gasteiger partial charge in [-0.1, -0.05) is 37.0 Å². The van der Waals surface area contributed by atoms with Gasteiger partial charge in [0.2, 0.25) is 10.0 Å². The van der Waals surface area contributed by atoms with E-state index in [1.807, 2.05) is 13.8 Å². The van der Waals surface area contributed by atoms with Gasteiger partial charge in [0.25, 0.3) is 5.91 Å². The fraction of sp³-hybridized carbons (Fsp3) is 0.562. The van der Waals surface area contributed by atoms with E-state index < -0.39 is 15.9 Å². The standard InChI is InChI=1S/C16H22Cl2N2O4S/c1-10(2)8-20-25(22,23)15-6-12(13(17)7-14(15)18)16(21)19-9-11-4-3-5-24-11/h6-7,10-11,20H,3-5,8-9H2,1-2H3,(H,19,21). The molecular weight excluding hydrogens is 387 g/mol. The molecule has 2 rings (SSSR count). The summed E-state index contributed by atoms with van der Waals surface area (Å²) in [5, 5.41) is 2.79. The van der Waals surface area contributed by atoms with Gasteiger partial charge in [-0.25, -0.2) is 13.1 Å². The van der Waals surface area contributed by atoms with Crippen molar-refractivity contribution in [3.63, 3.8) is 0 Å². The highest BCUT2D eigenvalue weighted by Gasteiger charge is 2.23. The van der Waals surface area contributed by atoms with Crippen molar-refractivity contribution in [1.29, 1.82) is 0 Å². The van der Waals surface area contributed by atoms with Crippen molar-refractivity contribution in [1.82, 2.24) is 10.0 Å². The number of hydrogen-bond acceptors (Lipinski definition) is 4. The molecule has 1 aromatic rings. The van der Waals surface area contributed by atoms with Gasteiger partial charge in [0.15, 0.2) is 0 Å². The predicted octanol–water partition coefficient (Wildman–Crippen LogP) is 2.84. The highest BCUT2D eigenvalue weighted by molar-refractivity contribution is 7.89. The highest BCUT2D eigenvalue weighted by Crippen LogP contribution is 2.29. The van der Waals surface area contributed by atoms with Crippen molar-refractivity contribution >= 4 is 39.1 Å². The third-order valence-electron chi connectivity index (χ3n) is 3.75. The minimum absolute atomic E-state index is 0.0223. The number of ether oxygens (including phenoxy) is 1. The van der Waals surface area contributed by atoms with Crippen molar-refractivity contribution < 1.29 is 17.9 Å². The molecule has 0 spiro atoms. The molecule has 1 unspecified atom stereocenters. The van der Waals surface area contributed by atoms with Crippen LogP contribution in [0.1, 0.15) is 37.0 Å². The van der Waals surface area contributed by atoms with Crippen LogP contribution in [0.15, 0.2) is 17.0 Å². The molecule has 140 valence electrons. The smallest absolute Gasteiger partial charge is 0.252 e. The van der Waals surface area contributed by atoms with E-state index >= 15 is 0 Å². The fourth-order valence-electron chi connectivity index (χ4n) is 2.37. The quantitative estimate of drug-likeness (QED) is 0.726. The SMILES string of the molecule is CC(C)CNS(=O)(=O)c1cc(C(=O)NCC2CCCO2)c(Cl)cc1Cl. The van der Waals surface area contributed by atoms with Crippen molar-refractivity contribution in [2.75, 3.05) is 19.7 Å². The molecule has 25 heavy (non-hydrogen) atoms. The van der Waals surface area contributed by atoms with E-state index in [1.165, 1.54) is 12.1 Å². The molecule has 1 amide bonds. The average Bonchev–Trinajstić information content (AvgIpc) is 3.04. The zero-order chi connectivity index (χ0) is 18.6. The molecule has 0 aliphatic carbocycles. The fourth-order valence-corrected chi connectivity index (χ4v) is 4.44. The predicted molar refractivity (Wildman–Crippen MR) is 97.8 cm³/mol. The van der Waals surface area contributed by atoms with Gasteiger partial charge in [-0.3, -0.25) is 4.79 Å². The maximum atomic E-state index is 12.4. The van der Waals surface area contributed by atoms with Crippen LogP contribution >= 0.6 is 23.2 Å². The number of amides is 1. The van der Waals surface area contributed by atoms with Gasteiger partial charge in [0.1, 0.15) is 4.90 Å². The molecule has 0 saturated carbocycles. The van der Waals surface area contributed by atoms with Gasteiger partial charge >= 0.3 is 0 Å². The number of hydrogen-bond donors (Lipinski definition) is 2. The highest BCUT2D eigenvalue weighted by atomic mass is 35.5. The van der Waals surface area contributed by atoms with Gasteiger partial charge in [-0.05, 0) is 30.9 Å². The summed E-state index contributed by atoms with van der Waals surface area (Å²) in [5.74, 6) is -0.326. The first kappa shape index (κ1) is 20.5. The Balaban J connectivity index is 2.19. The van der Waals surface area contributed by atoms with Crippen LogP contribution in [0.3, 0.4) is 0 Å². The third-order valence-corrected chi connectivity index (χ3v) is 5.95. The summed E-state index contributed by atoms with van der Waals surface area (Å²) < 4.78 is 32.8. The molecule has 0 bridgehead atoms. The van der Waals surface area contributed by atoms with Gasteiger partial charge in [-0.15, -0.1) is 0 Å². The number of sulfonamides is 1. The first-order valence-corrected chi connectivity index (χ1v) is 10.3. The Labute approximate surface area is 158 Å². The van der Waals surface area contributed by atoms with Gasteiger partial charge in [0, 0.05) is 19.7 Å². The van der Waals surface area contributed by atoms with Crippen LogP contribution in [0.25, 0.3) is 0 Å². The summed E-state index contributed by atoms with van der Waals surface area (Å²) in [5.41, 5.74) is 0.0639. The second-order valence-corrected chi connectivity index (χ2v) is 8.90. The first-order valence-electron chi connectivity index (χ1n) is 8.09.